The fourth-order valence-electron chi connectivity index (χ4n) is 3.44. The third-order valence-electron chi connectivity index (χ3n) is 5.24. The number of aromatic nitrogens is 4. The topological polar surface area (TPSA) is 177 Å². The Bertz CT molecular complexity index is 993. The number of nitrogens with zero attached hydrogens (tertiary/aromatic N) is 4. The molecule has 0 spiro atoms. The molecule has 2 aromatic rings. The normalized spacial score (nSPS) is 25.6. The summed E-state index contributed by atoms with van der Waals surface area (Å²) in [5.41, 5.74) is 0.840. The van der Waals surface area contributed by atoms with Gasteiger partial charge < -0.3 is 24.7 Å². The Kier molecular flexibility index (Phi) is 5.88. The van der Waals surface area contributed by atoms with Crippen LogP contribution < -0.4 is 0 Å². The number of carboxylic acids is 1. The molecule has 0 bridgehead atoms. The number of aliphatic hydroxyl groups is 1. The molecule has 0 aromatic carbocycles. The molecule has 164 valence electrons. The van der Waals surface area contributed by atoms with Crippen molar-refractivity contribution in [3.63, 3.8) is 0 Å². The van der Waals surface area contributed by atoms with Crippen molar-refractivity contribution in [3.8, 4) is 0 Å². The highest BCUT2D eigenvalue weighted by molar-refractivity contribution is 7.99. The van der Waals surface area contributed by atoms with Gasteiger partial charge in [0.2, 0.25) is 0 Å². The van der Waals surface area contributed by atoms with Gasteiger partial charge in [0.05, 0.1) is 25.5 Å². The summed E-state index contributed by atoms with van der Waals surface area (Å²) in [4.78, 5) is 41.6. The van der Waals surface area contributed by atoms with Gasteiger partial charge >= 0.3 is 13.8 Å². The molecule has 2 aromatic heterocycles. The van der Waals surface area contributed by atoms with Crippen LogP contribution in [-0.2, 0) is 18.6 Å². The molecule has 1 aliphatic heterocycles. The first-order valence-corrected chi connectivity index (χ1v) is 11.7. The van der Waals surface area contributed by atoms with Crippen LogP contribution >= 0.6 is 19.6 Å². The fraction of sp³-hybridized carbons (Fsp3) is 0.625. The average Bonchev–Trinajstić information content (AvgIpc) is 3.10. The Morgan fingerprint density at radius 1 is 1.37 bits per heavy atom. The van der Waals surface area contributed by atoms with Gasteiger partial charge in [-0.3, -0.25) is 13.9 Å². The van der Waals surface area contributed by atoms with Crippen molar-refractivity contribution >= 4 is 36.7 Å². The van der Waals surface area contributed by atoms with Crippen LogP contribution in [0.2, 0.25) is 0 Å². The maximum Gasteiger partial charge on any atom is 0.469 e. The van der Waals surface area contributed by atoms with Gasteiger partial charge in [-0.15, -0.1) is 11.8 Å². The number of aliphatic carboxylic acids is 1. The monoisotopic (exact) mass is 460 g/mol. The Morgan fingerprint density at radius 3 is 2.80 bits per heavy atom. The average molecular weight is 460 g/mol. The number of rotatable bonds is 9. The standard InChI is InChI=1S/C16H21N4O8PS/c21-9-3-11(28-10(9)5-27-29(24,25)26)20-8-19-13-14(20)17-7-18-15(13)30-6-16(1-2-16)4-12(22)23/h7-11,21H,1-6H2,(H,22,23)(H2,24,25,26)/t9-,10-,11-/m1/s1. The summed E-state index contributed by atoms with van der Waals surface area (Å²) in [5, 5.41) is 19.9. The van der Waals surface area contributed by atoms with Crippen molar-refractivity contribution in [1.82, 2.24) is 19.5 Å². The Labute approximate surface area is 174 Å². The van der Waals surface area contributed by atoms with Gasteiger partial charge in [0.1, 0.15) is 29.2 Å². The van der Waals surface area contributed by atoms with E-state index >= 15 is 0 Å². The lowest BCUT2D eigenvalue weighted by molar-refractivity contribution is -0.138. The Hall–Kier alpha value is -1.60. The zero-order valence-corrected chi connectivity index (χ0v) is 17.4. The minimum atomic E-state index is -4.67. The molecule has 1 aliphatic carbocycles. The Balaban J connectivity index is 1.47. The van der Waals surface area contributed by atoms with Crippen LogP contribution in [0.5, 0.6) is 0 Å². The molecule has 2 aliphatic rings. The van der Waals surface area contributed by atoms with Crippen molar-refractivity contribution in [1.29, 1.82) is 0 Å². The predicted molar refractivity (Wildman–Crippen MR) is 102 cm³/mol. The molecule has 4 rings (SSSR count). The van der Waals surface area contributed by atoms with Crippen LogP contribution in [0, 0.1) is 5.41 Å². The molecule has 1 saturated carbocycles. The SMILES string of the molecule is O=C(O)CC1(CSc2ncnc3c2ncn3[C@H]2C[C@@H](O)[C@@H](COP(=O)(O)O)O2)CC1. The largest absolute Gasteiger partial charge is 0.481 e. The van der Waals surface area contributed by atoms with E-state index in [9.17, 15) is 14.5 Å². The van der Waals surface area contributed by atoms with Crippen LogP contribution in [0.1, 0.15) is 31.9 Å². The maximum absolute atomic E-state index is 11.0. The first-order valence-electron chi connectivity index (χ1n) is 9.22. The number of hydrogen-bond acceptors (Lipinski definition) is 9. The lowest BCUT2D eigenvalue weighted by Crippen LogP contribution is -2.25. The number of carbonyl (C=O) groups is 1. The number of phosphoric acid groups is 1. The summed E-state index contributed by atoms with van der Waals surface area (Å²) in [6, 6.07) is 0. The molecular weight excluding hydrogens is 439 g/mol. The van der Waals surface area contributed by atoms with Crippen molar-refractivity contribution in [2.24, 2.45) is 5.41 Å². The third-order valence-corrected chi connectivity index (χ3v) is 7.06. The summed E-state index contributed by atoms with van der Waals surface area (Å²) < 4.78 is 22.7. The van der Waals surface area contributed by atoms with E-state index in [0.717, 1.165) is 12.8 Å². The number of ether oxygens (including phenoxy) is 1. The lowest BCUT2D eigenvalue weighted by Gasteiger charge is -2.16. The number of carboxylic acid groups (broad SMARTS) is 1. The molecule has 0 radical (unpaired) electrons. The van der Waals surface area contributed by atoms with E-state index in [2.05, 4.69) is 19.5 Å². The molecule has 4 N–H and O–H groups in total. The van der Waals surface area contributed by atoms with Gasteiger partial charge in [0, 0.05) is 12.2 Å². The number of aliphatic hydroxyl groups excluding tert-OH is 1. The molecule has 3 heterocycles. The van der Waals surface area contributed by atoms with E-state index in [1.165, 1.54) is 24.4 Å². The summed E-state index contributed by atoms with van der Waals surface area (Å²) in [7, 11) is -4.67. The van der Waals surface area contributed by atoms with Gasteiger partial charge in [-0.25, -0.2) is 19.5 Å². The molecule has 0 unspecified atom stereocenters. The van der Waals surface area contributed by atoms with Crippen LogP contribution in [0.15, 0.2) is 17.7 Å². The molecular formula is C16H21N4O8PS. The second kappa shape index (κ2) is 8.15. The number of thioether (sulfide) groups is 1. The van der Waals surface area contributed by atoms with E-state index < -0.39 is 38.8 Å². The second-order valence-corrected chi connectivity index (χ2v) is 9.78. The quantitative estimate of drug-likeness (QED) is 0.237. The van der Waals surface area contributed by atoms with E-state index in [1.54, 1.807) is 4.57 Å². The second-order valence-electron chi connectivity index (χ2n) is 7.58. The number of phosphoric ester groups is 1. The zero-order valence-electron chi connectivity index (χ0n) is 15.7. The molecule has 3 atom stereocenters. The van der Waals surface area contributed by atoms with Gasteiger partial charge in [0.25, 0.3) is 0 Å². The zero-order chi connectivity index (χ0) is 21.5. The smallest absolute Gasteiger partial charge is 0.469 e. The van der Waals surface area contributed by atoms with E-state index in [1.807, 2.05) is 0 Å². The van der Waals surface area contributed by atoms with Crippen LogP contribution in [0.4, 0.5) is 0 Å². The number of fused-ring (bicyclic) bond motifs is 1. The summed E-state index contributed by atoms with van der Waals surface area (Å²) in [6.45, 7) is -0.448. The highest BCUT2D eigenvalue weighted by Gasteiger charge is 2.44. The number of hydrogen-bond donors (Lipinski definition) is 4. The first-order chi connectivity index (χ1) is 14.2. The molecule has 30 heavy (non-hydrogen) atoms. The molecule has 14 heteroatoms. The van der Waals surface area contributed by atoms with Crippen molar-refractivity contribution in [3.05, 3.63) is 12.7 Å². The maximum atomic E-state index is 11.0. The fourth-order valence-corrected chi connectivity index (χ4v) is 5.02. The molecule has 1 saturated heterocycles. The van der Waals surface area contributed by atoms with Crippen molar-refractivity contribution in [2.75, 3.05) is 12.4 Å². The minimum Gasteiger partial charge on any atom is -0.481 e. The van der Waals surface area contributed by atoms with Gasteiger partial charge in [-0.1, -0.05) is 0 Å². The predicted octanol–water partition coefficient (Wildman–Crippen LogP) is 0.931. The highest BCUT2D eigenvalue weighted by atomic mass is 32.2. The minimum absolute atomic E-state index is 0.133. The van der Waals surface area contributed by atoms with Crippen molar-refractivity contribution < 1.29 is 38.6 Å². The molecule has 2 fully saturated rings. The number of imidazole rings is 1. The summed E-state index contributed by atoms with van der Waals surface area (Å²) >= 11 is 1.44. The van der Waals surface area contributed by atoms with Gasteiger partial charge in [-0.05, 0) is 18.3 Å². The third kappa shape index (κ3) is 4.83. The van der Waals surface area contributed by atoms with Crippen LogP contribution in [-0.4, -0.2) is 70.1 Å². The summed E-state index contributed by atoms with van der Waals surface area (Å²) in [5.74, 6) is -0.182. The van der Waals surface area contributed by atoms with Crippen LogP contribution in [0.3, 0.4) is 0 Å². The van der Waals surface area contributed by atoms with E-state index in [0.29, 0.717) is 21.9 Å². The van der Waals surface area contributed by atoms with Crippen LogP contribution in [0.25, 0.3) is 11.2 Å². The molecule has 0 amide bonds. The highest BCUT2D eigenvalue weighted by Crippen LogP contribution is 2.52. The van der Waals surface area contributed by atoms with Gasteiger partial charge in [-0.2, -0.15) is 0 Å². The van der Waals surface area contributed by atoms with E-state index in [-0.39, 0.29) is 18.3 Å². The molecule has 12 nitrogen and oxygen atoms in total. The van der Waals surface area contributed by atoms with Gasteiger partial charge in [0.15, 0.2) is 5.65 Å². The Morgan fingerprint density at radius 2 is 2.13 bits per heavy atom. The first kappa shape index (κ1) is 21.6. The van der Waals surface area contributed by atoms with E-state index in [4.69, 9.17) is 19.6 Å². The lowest BCUT2D eigenvalue weighted by atomic mass is 10.1. The summed E-state index contributed by atoms with van der Waals surface area (Å²) in [6.07, 6.45) is 2.45. The van der Waals surface area contributed by atoms with Crippen molar-refractivity contribution in [2.45, 2.75) is 49.1 Å².